The molecule has 1 aromatic heterocycles. The van der Waals surface area contributed by atoms with Crippen molar-refractivity contribution < 1.29 is 35.0 Å². The number of hydrogen-bond donors (Lipinski definition) is 6. The zero-order valence-corrected chi connectivity index (χ0v) is 17.8. The molecular weight excluding hydrogens is 433 g/mol. The molecule has 10 heteroatoms. The average molecular weight is 457 g/mol. The molecule has 0 bridgehead atoms. The molecule has 1 aliphatic heterocycles. The Balaban J connectivity index is 2.00. The molecule has 2 heterocycles. The van der Waals surface area contributed by atoms with Crippen molar-refractivity contribution in [3.8, 4) is 11.1 Å². The van der Waals surface area contributed by atoms with Crippen LogP contribution in [0.25, 0.3) is 22.6 Å². The number of aliphatic hydroxyl groups excluding tert-OH is 6. The molecule has 1 saturated heterocycles. The molecule has 1 aliphatic carbocycles. The van der Waals surface area contributed by atoms with E-state index in [2.05, 4.69) is 16.8 Å². The Hall–Kier alpha value is -3.92. The largest absolute Gasteiger partial charge is 0.504 e. The lowest BCUT2D eigenvalue weighted by Crippen LogP contribution is -2.46. The van der Waals surface area contributed by atoms with E-state index in [1.54, 1.807) is 6.07 Å². The highest BCUT2D eigenvalue weighted by Gasteiger charge is 2.32. The van der Waals surface area contributed by atoms with Gasteiger partial charge in [-0.05, 0) is 35.9 Å². The summed E-state index contributed by atoms with van der Waals surface area (Å²) >= 11 is 0. The van der Waals surface area contributed by atoms with Crippen LogP contribution < -0.4 is 4.90 Å². The fourth-order valence-corrected chi connectivity index (χ4v) is 3.93. The molecular formula is C23H24FN3O6. The number of fused-ring (bicyclic) bond motifs is 1. The van der Waals surface area contributed by atoms with Crippen LogP contribution in [0.1, 0.15) is 18.2 Å². The van der Waals surface area contributed by atoms with E-state index >= 15 is 0 Å². The van der Waals surface area contributed by atoms with Gasteiger partial charge in [-0.25, -0.2) is 9.37 Å². The van der Waals surface area contributed by atoms with Crippen LogP contribution in [0.2, 0.25) is 0 Å². The molecule has 2 aliphatic rings. The van der Waals surface area contributed by atoms with Crippen molar-refractivity contribution in [1.82, 2.24) is 9.88 Å². The number of rotatable bonds is 3. The first-order valence-corrected chi connectivity index (χ1v) is 10.4. The summed E-state index contributed by atoms with van der Waals surface area (Å²) in [6, 6.07) is 6.93. The van der Waals surface area contributed by atoms with Crippen molar-refractivity contribution in [3.63, 3.8) is 0 Å². The smallest absolute Gasteiger partial charge is 0.208 e. The van der Waals surface area contributed by atoms with Gasteiger partial charge in [-0.1, -0.05) is 19.1 Å². The Kier molecular flexibility index (Phi) is 5.77. The number of benzene rings is 1. The van der Waals surface area contributed by atoms with Gasteiger partial charge in [0.25, 0.3) is 0 Å². The maximum Gasteiger partial charge on any atom is 0.208 e. The minimum absolute atomic E-state index is 0.210. The number of hydrogen-bond acceptors (Lipinski definition) is 9. The third kappa shape index (κ3) is 3.89. The topological polar surface area (TPSA) is 141 Å². The van der Waals surface area contributed by atoms with E-state index in [4.69, 9.17) is 0 Å². The Morgan fingerprint density at radius 2 is 1.33 bits per heavy atom. The molecule has 174 valence electrons. The molecule has 9 nitrogen and oxygen atoms in total. The van der Waals surface area contributed by atoms with Crippen molar-refractivity contribution in [2.75, 3.05) is 37.6 Å². The van der Waals surface area contributed by atoms with Crippen LogP contribution in [-0.4, -0.2) is 73.2 Å². The second-order valence-electron chi connectivity index (χ2n) is 7.77. The van der Waals surface area contributed by atoms with Gasteiger partial charge in [0.2, 0.25) is 23.0 Å². The molecule has 6 N–H and O–H groups in total. The van der Waals surface area contributed by atoms with E-state index in [1.807, 2.05) is 4.90 Å². The van der Waals surface area contributed by atoms with Gasteiger partial charge in [-0.3, -0.25) is 0 Å². The summed E-state index contributed by atoms with van der Waals surface area (Å²) < 4.78 is 13.6. The lowest BCUT2D eigenvalue weighted by Gasteiger charge is -2.35. The first-order chi connectivity index (χ1) is 15.7. The fraction of sp³-hybridized carbons (Fsp3) is 0.261. The molecule has 4 rings (SSSR count). The monoisotopic (exact) mass is 457 g/mol. The zero-order valence-electron chi connectivity index (χ0n) is 17.8. The molecule has 33 heavy (non-hydrogen) atoms. The normalized spacial score (nSPS) is 22.2. The molecule has 0 amide bonds. The summed E-state index contributed by atoms with van der Waals surface area (Å²) in [5.74, 6) is -6.58. The molecule has 0 radical (unpaired) electrons. The van der Waals surface area contributed by atoms with Crippen LogP contribution in [0, 0.1) is 5.82 Å². The van der Waals surface area contributed by atoms with E-state index in [9.17, 15) is 35.0 Å². The van der Waals surface area contributed by atoms with E-state index in [0.29, 0.717) is 24.5 Å². The fourth-order valence-electron chi connectivity index (χ4n) is 3.93. The number of anilines is 1. The summed E-state index contributed by atoms with van der Waals surface area (Å²) in [5, 5.41) is 62.1. The van der Waals surface area contributed by atoms with Gasteiger partial charge in [-0.15, -0.1) is 0 Å². The highest BCUT2D eigenvalue weighted by Crippen LogP contribution is 2.40. The van der Waals surface area contributed by atoms with Gasteiger partial charge in [0.15, 0.2) is 11.5 Å². The van der Waals surface area contributed by atoms with Gasteiger partial charge in [0, 0.05) is 26.2 Å². The van der Waals surface area contributed by atoms with Gasteiger partial charge >= 0.3 is 0 Å². The number of likely N-dealkylation sites (N-methyl/N-ethyl adjacent to an activating group) is 1. The Morgan fingerprint density at radius 3 is 1.91 bits per heavy atom. The molecule has 2 aromatic rings. The second-order valence-corrected chi connectivity index (χ2v) is 7.77. The third-order valence-corrected chi connectivity index (χ3v) is 5.89. The predicted octanol–water partition coefficient (Wildman–Crippen LogP) is 3.94. The second kappa shape index (κ2) is 8.55. The highest BCUT2D eigenvalue weighted by atomic mass is 19.1. The maximum absolute atomic E-state index is 13.6. The number of aliphatic hydroxyl groups is 6. The summed E-state index contributed by atoms with van der Waals surface area (Å²) in [5.41, 5.74) is 0.136. The lowest BCUT2D eigenvalue weighted by atomic mass is 9.94. The van der Waals surface area contributed by atoms with E-state index in [0.717, 1.165) is 19.6 Å². The van der Waals surface area contributed by atoms with Crippen LogP contribution in [0.4, 0.5) is 10.2 Å². The van der Waals surface area contributed by atoms with Crippen molar-refractivity contribution in [3.05, 3.63) is 70.4 Å². The number of halogens is 1. The summed E-state index contributed by atoms with van der Waals surface area (Å²) in [6.07, 6.45) is 0. The van der Waals surface area contributed by atoms with Gasteiger partial charge in [-0.2, -0.15) is 0 Å². The SMILES string of the molecule is CCN1CCN(c2cc(-c3ccc(F)cc3)c3c(n2)/C(O)=C(O)\C(O)=C(\O)C(O)=C3O)CC1. The molecule has 0 saturated carbocycles. The molecule has 1 fully saturated rings. The lowest BCUT2D eigenvalue weighted by molar-refractivity contribution is 0.252. The van der Waals surface area contributed by atoms with E-state index in [1.165, 1.54) is 24.3 Å². The van der Waals surface area contributed by atoms with Crippen molar-refractivity contribution in [1.29, 1.82) is 0 Å². The van der Waals surface area contributed by atoms with Crippen LogP contribution in [0.15, 0.2) is 53.4 Å². The molecule has 1 aromatic carbocycles. The van der Waals surface area contributed by atoms with Crippen molar-refractivity contribution >= 4 is 17.3 Å². The molecule has 0 atom stereocenters. The third-order valence-electron chi connectivity index (χ3n) is 5.89. The standard InChI is InChI=1S/C23H24FN3O6/c1-2-26-7-9-27(10-8-26)15-11-14(12-3-5-13(24)6-4-12)16-17(25-15)19(29)21(31)23(33)22(32)20(30)18(16)28/h3-6,11,28-33H,2,7-10H2,1H3/b18-16?,19-17?,20-18?,21-19-,22-20?,23-21?,23-22-. The summed E-state index contributed by atoms with van der Waals surface area (Å²) in [6.45, 7) is 5.76. The Labute approximate surface area is 188 Å². The van der Waals surface area contributed by atoms with Gasteiger partial charge in [0.05, 0.1) is 5.56 Å². The Bertz CT molecular complexity index is 1180. The van der Waals surface area contributed by atoms with Gasteiger partial charge < -0.3 is 40.4 Å². The molecule has 0 unspecified atom stereocenters. The van der Waals surface area contributed by atoms with Crippen LogP contribution in [0.3, 0.4) is 0 Å². The summed E-state index contributed by atoms with van der Waals surface area (Å²) in [7, 11) is 0. The first kappa shape index (κ1) is 22.3. The van der Waals surface area contributed by atoms with Crippen LogP contribution in [0.5, 0.6) is 0 Å². The molecule has 0 spiro atoms. The average Bonchev–Trinajstić information content (AvgIpc) is 2.85. The quantitative estimate of drug-likeness (QED) is 0.404. The van der Waals surface area contributed by atoms with Crippen LogP contribution >= 0.6 is 0 Å². The Morgan fingerprint density at radius 1 is 0.788 bits per heavy atom. The number of nitrogens with zero attached hydrogens (tertiary/aromatic N) is 3. The maximum atomic E-state index is 13.6. The first-order valence-electron chi connectivity index (χ1n) is 10.4. The number of aromatic nitrogens is 1. The number of piperazine rings is 1. The zero-order chi connectivity index (χ0) is 23.9. The van der Waals surface area contributed by atoms with Gasteiger partial charge in [0.1, 0.15) is 17.3 Å². The van der Waals surface area contributed by atoms with E-state index in [-0.39, 0.29) is 16.8 Å². The van der Waals surface area contributed by atoms with Crippen molar-refractivity contribution in [2.45, 2.75) is 6.92 Å². The minimum atomic E-state index is -1.23. The van der Waals surface area contributed by atoms with Crippen molar-refractivity contribution in [2.24, 2.45) is 0 Å². The highest BCUT2D eigenvalue weighted by molar-refractivity contribution is 5.88. The minimum Gasteiger partial charge on any atom is -0.504 e. The predicted molar refractivity (Wildman–Crippen MR) is 121 cm³/mol. The summed E-state index contributed by atoms with van der Waals surface area (Å²) in [4.78, 5) is 8.62. The van der Waals surface area contributed by atoms with E-state index < -0.39 is 40.4 Å². The van der Waals surface area contributed by atoms with Crippen LogP contribution in [-0.2, 0) is 0 Å². The number of pyridine rings is 1.